The summed E-state index contributed by atoms with van der Waals surface area (Å²) in [6, 6.07) is 0. The lowest BCUT2D eigenvalue weighted by molar-refractivity contribution is -0.248. The SMILES string of the molecule is C=C(C)[C@@H]1CC[C@]2(C(=O)O)CC[C@]3(C)[C@H](CC[C@@H]4[C@@]5(C)CC[C@H](O)C(C)(C)[C@@H]5CC[C@]43C)[C@@H]12.CC(=O)O. The van der Waals surface area contributed by atoms with E-state index in [1.807, 2.05) is 0 Å². The number of allylic oxidation sites excluding steroid dienone is 1. The molecule has 5 fully saturated rings. The van der Waals surface area contributed by atoms with Crippen molar-refractivity contribution in [1.29, 1.82) is 0 Å². The number of aliphatic carboxylic acids is 2. The fourth-order valence-electron chi connectivity index (χ4n) is 11.5. The first-order chi connectivity index (χ1) is 17.0. The third-order valence-corrected chi connectivity index (χ3v) is 13.5. The van der Waals surface area contributed by atoms with Gasteiger partial charge in [-0.25, -0.2) is 0 Å². The molecule has 5 rings (SSSR count). The highest BCUT2D eigenvalue weighted by Crippen LogP contribution is 2.77. The maximum absolute atomic E-state index is 12.8. The van der Waals surface area contributed by atoms with Crippen LogP contribution in [0.1, 0.15) is 113 Å². The number of carbonyl (C=O) groups is 2. The van der Waals surface area contributed by atoms with Crippen LogP contribution in [0.3, 0.4) is 0 Å². The molecule has 0 heterocycles. The molecule has 0 spiro atoms. The van der Waals surface area contributed by atoms with E-state index in [9.17, 15) is 15.0 Å². The van der Waals surface area contributed by atoms with Crippen LogP contribution in [0.25, 0.3) is 0 Å². The van der Waals surface area contributed by atoms with Gasteiger partial charge in [0.05, 0.1) is 11.5 Å². The Kier molecular flexibility index (Phi) is 7.04. The molecule has 0 radical (unpaired) electrons. The van der Waals surface area contributed by atoms with Gasteiger partial charge in [0, 0.05) is 6.92 Å². The quantitative estimate of drug-likeness (QED) is 0.338. The lowest BCUT2D eigenvalue weighted by atomic mass is 9.32. The molecule has 0 aromatic rings. The van der Waals surface area contributed by atoms with Gasteiger partial charge in [-0.15, -0.1) is 0 Å². The van der Waals surface area contributed by atoms with Crippen molar-refractivity contribution in [2.24, 2.45) is 56.7 Å². The number of rotatable bonds is 2. The van der Waals surface area contributed by atoms with Crippen LogP contribution in [0.15, 0.2) is 12.2 Å². The Labute approximate surface area is 224 Å². The molecule has 210 valence electrons. The summed E-state index contributed by atoms with van der Waals surface area (Å²) in [7, 11) is 0. The van der Waals surface area contributed by atoms with Crippen molar-refractivity contribution in [1.82, 2.24) is 0 Å². The number of hydrogen-bond donors (Lipinski definition) is 3. The van der Waals surface area contributed by atoms with Crippen LogP contribution < -0.4 is 0 Å². The Bertz CT molecular complexity index is 951. The minimum Gasteiger partial charge on any atom is -0.481 e. The molecule has 0 aromatic heterocycles. The fourth-order valence-corrected chi connectivity index (χ4v) is 11.5. The molecule has 0 amide bonds. The average molecular weight is 517 g/mol. The van der Waals surface area contributed by atoms with Crippen molar-refractivity contribution in [3.8, 4) is 0 Å². The smallest absolute Gasteiger partial charge is 0.309 e. The van der Waals surface area contributed by atoms with Gasteiger partial charge in [0.25, 0.3) is 5.97 Å². The average Bonchev–Trinajstić information content (AvgIpc) is 3.18. The Balaban J connectivity index is 0.000000747. The van der Waals surface area contributed by atoms with Crippen LogP contribution in [0, 0.1) is 56.7 Å². The van der Waals surface area contributed by atoms with Crippen LogP contribution >= 0.6 is 0 Å². The zero-order valence-electron chi connectivity index (χ0n) is 24.4. The van der Waals surface area contributed by atoms with Gasteiger partial charge in [-0.3, -0.25) is 9.59 Å². The predicted octanol–water partition coefficient (Wildman–Crippen LogP) is 7.18. The third-order valence-electron chi connectivity index (χ3n) is 13.5. The van der Waals surface area contributed by atoms with E-state index >= 15 is 0 Å². The van der Waals surface area contributed by atoms with Crippen molar-refractivity contribution in [3.63, 3.8) is 0 Å². The summed E-state index contributed by atoms with van der Waals surface area (Å²) in [5, 5.41) is 28.8. The van der Waals surface area contributed by atoms with Gasteiger partial charge in [0.1, 0.15) is 0 Å². The number of hydrogen-bond acceptors (Lipinski definition) is 3. The number of aliphatic hydroxyl groups is 1. The van der Waals surface area contributed by atoms with Crippen LogP contribution in [0.4, 0.5) is 0 Å². The number of carboxylic acid groups (broad SMARTS) is 2. The number of fused-ring (bicyclic) bond motifs is 7. The maximum Gasteiger partial charge on any atom is 0.309 e. The first-order valence-electron chi connectivity index (χ1n) is 14.8. The summed E-state index contributed by atoms with van der Waals surface area (Å²) in [5.74, 6) is 0.960. The second-order valence-electron chi connectivity index (χ2n) is 15.0. The monoisotopic (exact) mass is 516 g/mol. The van der Waals surface area contributed by atoms with Gasteiger partial charge in [0.2, 0.25) is 0 Å². The molecular weight excluding hydrogens is 464 g/mol. The molecule has 0 aromatic carbocycles. The molecule has 0 bridgehead atoms. The number of aliphatic hydroxyl groups excluding tert-OH is 1. The van der Waals surface area contributed by atoms with Crippen molar-refractivity contribution >= 4 is 11.9 Å². The van der Waals surface area contributed by atoms with E-state index in [0.29, 0.717) is 23.7 Å². The molecule has 0 saturated heterocycles. The molecule has 0 aliphatic heterocycles. The fraction of sp³-hybridized carbons (Fsp3) is 0.875. The van der Waals surface area contributed by atoms with Crippen molar-refractivity contribution < 1.29 is 24.9 Å². The molecule has 3 N–H and O–H groups in total. The van der Waals surface area contributed by atoms with E-state index in [2.05, 4.69) is 48.1 Å². The van der Waals surface area contributed by atoms with Gasteiger partial charge in [-0.2, -0.15) is 0 Å². The molecular formula is C32H52O5. The molecule has 0 unspecified atom stereocenters. The Morgan fingerprint density at radius 3 is 1.95 bits per heavy atom. The standard InChI is InChI=1S/C30H48O3.C2H4O2/c1-18(2)19-10-15-30(25(32)33)17-16-28(6)20(24(19)30)8-9-22-27(5)13-12-23(31)26(3,4)21(27)11-14-29(22,28)7;1-2(3)4/h19-24,31H,1,8-17H2,2-7H3,(H,32,33);1H3,(H,3,4)/t19-,20+,21-,22+,23-,24+,27-,28+,29+,30-;/m0./s1. The van der Waals surface area contributed by atoms with Crippen molar-refractivity contribution in [3.05, 3.63) is 12.2 Å². The molecule has 37 heavy (non-hydrogen) atoms. The van der Waals surface area contributed by atoms with E-state index in [1.54, 1.807) is 0 Å². The zero-order valence-corrected chi connectivity index (χ0v) is 24.4. The van der Waals surface area contributed by atoms with Gasteiger partial charge < -0.3 is 15.3 Å². The summed E-state index contributed by atoms with van der Waals surface area (Å²) in [6.07, 6.45) is 10.5. The van der Waals surface area contributed by atoms with E-state index in [-0.39, 0.29) is 33.7 Å². The van der Waals surface area contributed by atoms with Crippen molar-refractivity contribution in [2.75, 3.05) is 0 Å². The van der Waals surface area contributed by atoms with Gasteiger partial charge >= 0.3 is 5.97 Å². The molecule has 10 atom stereocenters. The maximum atomic E-state index is 12.8. The number of carboxylic acids is 2. The summed E-state index contributed by atoms with van der Waals surface area (Å²) < 4.78 is 0. The van der Waals surface area contributed by atoms with Gasteiger partial charge in [0.15, 0.2) is 0 Å². The topological polar surface area (TPSA) is 94.8 Å². The van der Waals surface area contributed by atoms with Crippen molar-refractivity contribution in [2.45, 2.75) is 119 Å². The van der Waals surface area contributed by atoms with Gasteiger partial charge in [-0.1, -0.05) is 46.8 Å². The lowest BCUT2D eigenvalue weighted by Crippen LogP contribution is -2.67. The van der Waals surface area contributed by atoms with Crippen LogP contribution in [0.5, 0.6) is 0 Å². The molecule has 5 nitrogen and oxygen atoms in total. The molecule has 5 saturated carbocycles. The summed E-state index contributed by atoms with van der Waals surface area (Å²) in [6.45, 7) is 19.9. The Morgan fingerprint density at radius 1 is 0.757 bits per heavy atom. The molecule has 5 aliphatic rings. The Hall–Kier alpha value is -1.36. The van der Waals surface area contributed by atoms with Crippen LogP contribution in [-0.2, 0) is 9.59 Å². The highest BCUT2D eigenvalue weighted by Gasteiger charge is 2.71. The summed E-state index contributed by atoms with van der Waals surface area (Å²) >= 11 is 0. The van der Waals surface area contributed by atoms with Crippen LogP contribution in [-0.4, -0.2) is 33.4 Å². The minimum atomic E-state index is -0.833. The zero-order chi connectivity index (χ0) is 27.8. The van der Waals surface area contributed by atoms with E-state index in [0.717, 1.165) is 45.4 Å². The van der Waals surface area contributed by atoms with E-state index in [4.69, 9.17) is 9.90 Å². The van der Waals surface area contributed by atoms with Crippen LogP contribution in [0.2, 0.25) is 0 Å². The first-order valence-corrected chi connectivity index (χ1v) is 14.8. The molecule has 5 aliphatic carbocycles. The summed E-state index contributed by atoms with van der Waals surface area (Å²) in [4.78, 5) is 21.8. The highest BCUT2D eigenvalue weighted by molar-refractivity contribution is 5.76. The highest BCUT2D eigenvalue weighted by atomic mass is 16.4. The predicted molar refractivity (Wildman–Crippen MR) is 146 cm³/mol. The van der Waals surface area contributed by atoms with Gasteiger partial charge in [-0.05, 0) is 122 Å². The first kappa shape index (κ1) is 28.6. The third kappa shape index (κ3) is 3.87. The lowest BCUT2D eigenvalue weighted by Gasteiger charge is -2.72. The normalized spacial score (nSPS) is 49.7. The van der Waals surface area contributed by atoms with E-state index < -0.39 is 17.4 Å². The minimum absolute atomic E-state index is 0.0202. The second kappa shape index (κ2) is 9.10. The summed E-state index contributed by atoms with van der Waals surface area (Å²) in [5.41, 5.74) is 1.35. The molecule has 5 heteroatoms. The second-order valence-corrected chi connectivity index (χ2v) is 15.0. The largest absolute Gasteiger partial charge is 0.481 e. The van der Waals surface area contributed by atoms with E-state index in [1.165, 1.54) is 31.3 Å². The Morgan fingerprint density at radius 2 is 1.38 bits per heavy atom.